The highest BCUT2D eigenvalue weighted by Crippen LogP contribution is 2.24. The number of rotatable bonds is 2. The highest BCUT2D eigenvalue weighted by molar-refractivity contribution is 5.96. The molecule has 140 valence electrons. The standard InChI is InChI=1S/C21H20F2N2O2/c22-17-6-7-18(19(23)13-17)21(27)25-10-8-24(9-11-25)20(26)16-5-4-14-2-1-3-15(14)12-16/h4-7,12-13H,1-3,8-11H2. The van der Waals surface area contributed by atoms with E-state index in [-0.39, 0.29) is 11.5 Å². The highest BCUT2D eigenvalue weighted by atomic mass is 19.1. The summed E-state index contributed by atoms with van der Waals surface area (Å²) in [7, 11) is 0. The lowest BCUT2D eigenvalue weighted by atomic mass is 10.1. The van der Waals surface area contributed by atoms with E-state index < -0.39 is 17.5 Å². The van der Waals surface area contributed by atoms with Crippen molar-refractivity contribution in [2.45, 2.75) is 19.3 Å². The van der Waals surface area contributed by atoms with Crippen LogP contribution in [0.2, 0.25) is 0 Å². The molecule has 6 heteroatoms. The zero-order valence-corrected chi connectivity index (χ0v) is 14.9. The topological polar surface area (TPSA) is 40.6 Å². The number of halogens is 2. The quantitative estimate of drug-likeness (QED) is 0.815. The van der Waals surface area contributed by atoms with Gasteiger partial charge in [-0.3, -0.25) is 9.59 Å². The molecule has 0 saturated carbocycles. The molecule has 0 N–H and O–H groups in total. The summed E-state index contributed by atoms with van der Waals surface area (Å²) in [5, 5.41) is 0. The minimum Gasteiger partial charge on any atom is -0.335 e. The summed E-state index contributed by atoms with van der Waals surface area (Å²) in [5.74, 6) is -2.09. The molecule has 0 radical (unpaired) electrons. The third-order valence-corrected chi connectivity index (χ3v) is 5.36. The summed E-state index contributed by atoms with van der Waals surface area (Å²) in [4.78, 5) is 28.5. The average molecular weight is 370 g/mol. The van der Waals surface area contributed by atoms with Crippen molar-refractivity contribution >= 4 is 11.8 Å². The zero-order chi connectivity index (χ0) is 19.0. The van der Waals surface area contributed by atoms with E-state index in [1.165, 1.54) is 16.0 Å². The third kappa shape index (κ3) is 3.44. The van der Waals surface area contributed by atoms with Gasteiger partial charge in [-0.2, -0.15) is 0 Å². The minimum absolute atomic E-state index is 0.0373. The van der Waals surface area contributed by atoms with Crippen molar-refractivity contribution < 1.29 is 18.4 Å². The van der Waals surface area contributed by atoms with Gasteiger partial charge >= 0.3 is 0 Å². The molecular formula is C21H20F2N2O2. The molecule has 1 saturated heterocycles. The number of benzene rings is 2. The molecule has 0 unspecified atom stereocenters. The smallest absolute Gasteiger partial charge is 0.256 e. The fourth-order valence-corrected chi connectivity index (χ4v) is 3.83. The second kappa shape index (κ2) is 7.10. The molecule has 0 aromatic heterocycles. The Balaban J connectivity index is 1.41. The van der Waals surface area contributed by atoms with E-state index in [0.29, 0.717) is 37.8 Å². The van der Waals surface area contributed by atoms with Gasteiger partial charge in [0.05, 0.1) is 5.56 Å². The van der Waals surface area contributed by atoms with Crippen LogP contribution >= 0.6 is 0 Å². The van der Waals surface area contributed by atoms with Crippen LogP contribution in [-0.4, -0.2) is 47.8 Å². The molecule has 0 bridgehead atoms. The SMILES string of the molecule is O=C(c1ccc2c(c1)CCC2)N1CCN(C(=O)c2ccc(F)cc2F)CC1. The monoisotopic (exact) mass is 370 g/mol. The van der Waals surface area contributed by atoms with Crippen LogP contribution in [0.25, 0.3) is 0 Å². The normalized spacial score (nSPS) is 16.4. The van der Waals surface area contributed by atoms with Gasteiger partial charge in [0.1, 0.15) is 11.6 Å². The molecule has 27 heavy (non-hydrogen) atoms. The Bertz CT molecular complexity index is 905. The van der Waals surface area contributed by atoms with Gasteiger partial charge in [-0.1, -0.05) is 6.07 Å². The van der Waals surface area contributed by atoms with Crippen LogP contribution in [0.4, 0.5) is 8.78 Å². The van der Waals surface area contributed by atoms with Crippen molar-refractivity contribution in [3.8, 4) is 0 Å². The van der Waals surface area contributed by atoms with E-state index in [1.54, 1.807) is 4.90 Å². The lowest BCUT2D eigenvalue weighted by Gasteiger charge is -2.35. The Kier molecular flexibility index (Phi) is 4.64. The molecule has 4 nitrogen and oxygen atoms in total. The second-order valence-corrected chi connectivity index (χ2v) is 7.05. The maximum absolute atomic E-state index is 13.8. The first kappa shape index (κ1) is 17.6. The van der Waals surface area contributed by atoms with Crippen LogP contribution in [0.15, 0.2) is 36.4 Å². The summed E-state index contributed by atoms with van der Waals surface area (Å²) < 4.78 is 26.9. The van der Waals surface area contributed by atoms with Crippen molar-refractivity contribution in [1.29, 1.82) is 0 Å². The van der Waals surface area contributed by atoms with Crippen molar-refractivity contribution in [2.75, 3.05) is 26.2 Å². The Morgan fingerprint density at radius 3 is 2.15 bits per heavy atom. The highest BCUT2D eigenvalue weighted by Gasteiger charge is 2.27. The molecule has 2 aromatic carbocycles. The van der Waals surface area contributed by atoms with Crippen molar-refractivity contribution in [3.05, 3.63) is 70.3 Å². The fourth-order valence-electron chi connectivity index (χ4n) is 3.83. The largest absolute Gasteiger partial charge is 0.335 e. The van der Waals surface area contributed by atoms with Crippen LogP contribution in [0.3, 0.4) is 0 Å². The lowest BCUT2D eigenvalue weighted by Crippen LogP contribution is -2.50. The zero-order valence-electron chi connectivity index (χ0n) is 14.9. The first-order valence-corrected chi connectivity index (χ1v) is 9.18. The number of hydrogen-bond donors (Lipinski definition) is 0. The molecule has 0 spiro atoms. The van der Waals surface area contributed by atoms with Crippen LogP contribution in [0.5, 0.6) is 0 Å². The number of aryl methyl sites for hydroxylation is 2. The van der Waals surface area contributed by atoms with Crippen LogP contribution in [0.1, 0.15) is 38.3 Å². The van der Waals surface area contributed by atoms with Gasteiger partial charge in [-0.15, -0.1) is 0 Å². The summed E-state index contributed by atoms with van der Waals surface area (Å²) in [5.41, 5.74) is 3.11. The van der Waals surface area contributed by atoms with E-state index >= 15 is 0 Å². The molecule has 1 heterocycles. The van der Waals surface area contributed by atoms with Gasteiger partial charge in [0.2, 0.25) is 0 Å². The Morgan fingerprint density at radius 2 is 1.44 bits per heavy atom. The number of piperazine rings is 1. The number of carbonyl (C=O) groups excluding carboxylic acids is 2. The predicted octanol–water partition coefficient (Wildman–Crippen LogP) is 3.05. The van der Waals surface area contributed by atoms with Crippen molar-refractivity contribution in [3.63, 3.8) is 0 Å². The molecule has 2 aromatic rings. The Morgan fingerprint density at radius 1 is 0.778 bits per heavy atom. The van der Waals surface area contributed by atoms with Crippen molar-refractivity contribution in [2.24, 2.45) is 0 Å². The van der Waals surface area contributed by atoms with Gasteiger partial charge in [-0.05, 0) is 54.7 Å². The molecule has 4 rings (SSSR count). The number of amides is 2. The summed E-state index contributed by atoms with van der Waals surface area (Å²) in [6.07, 6.45) is 3.22. The van der Waals surface area contributed by atoms with E-state index in [4.69, 9.17) is 0 Å². The van der Waals surface area contributed by atoms with Crippen LogP contribution < -0.4 is 0 Å². The molecule has 1 aliphatic heterocycles. The maximum Gasteiger partial charge on any atom is 0.256 e. The van der Waals surface area contributed by atoms with Gasteiger partial charge in [0, 0.05) is 37.8 Å². The molecule has 0 atom stereocenters. The van der Waals surface area contributed by atoms with Crippen LogP contribution in [0, 0.1) is 11.6 Å². The molecular weight excluding hydrogens is 350 g/mol. The Labute approximate surface area is 156 Å². The lowest BCUT2D eigenvalue weighted by molar-refractivity contribution is 0.0532. The van der Waals surface area contributed by atoms with Gasteiger partial charge in [0.25, 0.3) is 11.8 Å². The van der Waals surface area contributed by atoms with Crippen LogP contribution in [-0.2, 0) is 12.8 Å². The second-order valence-electron chi connectivity index (χ2n) is 7.05. The predicted molar refractivity (Wildman–Crippen MR) is 96.6 cm³/mol. The number of carbonyl (C=O) groups is 2. The summed E-state index contributed by atoms with van der Waals surface area (Å²) >= 11 is 0. The first-order chi connectivity index (χ1) is 13.0. The van der Waals surface area contributed by atoms with Crippen molar-refractivity contribution in [1.82, 2.24) is 9.80 Å². The molecule has 2 aliphatic rings. The fraction of sp³-hybridized carbons (Fsp3) is 0.333. The minimum atomic E-state index is -0.864. The molecule has 1 fully saturated rings. The van der Waals surface area contributed by atoms with E-state index in [1.807, 2.05) is 18.2 Å². The number of hydrogen-bond acceptors (Lipinski definition) is 2. The van der Waals surface area contributed by atoms with E-state index in [2.05, 4.69) is 0 Å². The third-order valence-electron chi connectivity index (χ3n) is 5.36. The Hall–Kier alpha value is -2.76. The maximum atomic E-state index is 13.8. The van der Waals surface area contributed by atoms with Gasteiger partial charge in [0.15, 0.2) is 0 Å². The number of nitrogens with zero attached hydrogens (tertiary/aromatic N) is 2. The van der Waals surface area contributed by atoms with E-state index in [9.17, 15) is 18.4 Å². The van der Waals surface area contributed by atoms with Gasteiger partial charge in [-0.25, -0.2) is 8.78 Å². The molecule has 2 amide bonds. The molecule has 1 aliphatic carbocycles. The summed E-state index contributed by atoms with van der Waals surface area (Å²) in [6, 6.07) is 8.83. The number of fused-ring (bicyclic) bond motifs is 1. The van der Waals surface area contributed by atoms with E-state index in [0.717, 1.165) is 31.4 Å². The average Bonchev–Trinajstić information content (AvgIpc) is 3.15. The summed E-state index contributed by atoms with van der Waals surface area (Å²) in [6.45, 7) is 1.44. The first-order valence-electron chi connectivity index (χ1n) is 9.18. The van der Waals surface area contributed by atoms with Gasteiger partial charge < -0.3 is 9.80 Å².